The second-order valence-corrected chi connectivity index (χ2v) is 12.7. The molecule has 0 radical (unpaired) electrons. The first-order valence-electron chi connectivity index (χ1n) is 16.6. The summed E-state index contributed by atoms with van der Waals surface area (Å²) >= 11 is 6.11. The van der Waals surface area contributed by atoms with E-state index in [1.165, 1.54) is 28.5 Å². The van der Waals surface area contributed by atoms with Crippen LogP contribution in [0.5, 0.6) is 17.2 Å². The highest BCUT2D eigenvalue weighted by atomic mass is 35.5. The van der Waals surface area contributed by atoms with Gasteiger partial charge >= 0.3 is 6.09 Å². The van der Waals surface area contributed by atoms with Crippen molar-refractivity contribution in [2.75, 3.05) is 51.8 Å². The van der Waals surface area contributed by atoms with Gasteiger partial charge in [0.25, 0.3) is 11.8 Å². The molecule has 4 aromatic rings. The predicted octanol–water partition coefficient (Wildman–Crippen LogP) is 5.88. The lowest BCUT2D eigenvalue weighted by Crippen LogP contribution is -2.47. The average molecular weight is 701 g/mol. The normalized spacial score (nSPS) is 15.9. The molecule has 50 heavy (non-hydrogen) atoms. The molecule has 1 N–H and O–H groups in total. The monoisotopic (exact) mass is 700 g/mol. The van der Waals surface area contributed by atoms with E-state index >= 15 is 0 Å². The number of rotatable bonds is 12. The minimum absolute atomic E-state index is 0.142. The largest absolute Gasteiger partial charge is 0.493 e. The van der Waals surface area contributed by atoms with E-state index in [0.717, 1.165) is 31.9 Å². The van der Waals surface area contributed by atoms with Crippen LogP contribution >= 0.6 is 11.6 Å². The summed E-state index contributed by atoms with van der Waals surface area (Å²) < 4.78 is 17.7. The summed E-state index contributed by atoms with van der Waals surface area (Å²) in [7, 11) is 4.72. The second kappa shape index (κ2) is 15.2. The fourth-order valence-electron chi connectivity index (χ4n) is 6.72. The molecule has 0 aliphatic carbocycles. The smallest absolute Gasteiger partial charge is 0.412 e. The maximum Gasteiger partial charge on any atom is 0.412 e. The Bertz CT molecular complexity index is 1860. The number of aryl methyl sites for hydroxylation is 1. The van der Waals surface area contributed by atoms with Crippen molar-refractivity contribution in [3.63, 3.8) is 0 Å². The summed E-state index contributed by atoms with van der Waals surface area (Å²) in [5, 5.41) is 6.88. The van der Waals surface area contributed by atoms with Crippen molar-refractivity contribution in [3.05, 3.63) is 100 Å². The number of amides is 3. The van der Waals surface area contributed by atoms with Gasteiger partial charge in [-0.3, -0.25) is 24.1 Å². The molecular formula is C37H41ClN6O6. The third-order valence-electron chi connectivity index (χ3n) is 9.47. The van der Waals surface area contributed by atoms with Crippen LogP contribution in [0.1, 0.15) is 63.7 Å². The zero-order valence-electron chi connectivity index (χ0n) is 28.6. The Labute approximate surface area is 296 Å². The Morgan fingerprint density at radius 3 is 2.32 bits per heavy atom. The van der Waals surface area contributed by atoms with Crippen molar-refractivity contribution >= 4 is 35.2 Å². The van der Waals surface area contributed by atoms with Crippen LogP contribution in [0.25, 0.3) is 0 Å². The first kappa shape index (κ1) is 34.8. The summed E-state index contributed by atoms with van der Waals surface area (Å²) in [6.07, 6.45) is 1.46. The zero-order chi connectivity index (χ0) is 35.4. The van der Waals surface area contributed by atoms with Crippen LogP contribution in [0.15, 0.2) is 72.9 Å². The quantitative estimate of drug-likeness (QED) is 0.143. The van der Waals surface area contributed by atoms with Crippen molar-refractivity contribution in [3.8, 4) is 17.2 Å². The van der Waals surface area contributed by atoms with Gasteiger partial charge in [0.1, 0.15) is 0 Å². The molecule has 0 saturated carbocycles. The number of piperazine rings is 1. The number of ether oxygens (including phenoxy) is 3. The number of carbonyl (C=O) groups is 3. The van der Waals surface area contributed by atoms with Crippen LogP contribution in [0.2, 0.25) is 5.15 Å². The molecule has 13 heteroatoms. The molecule has 2 aliphatic heterocycles. The van der Waals surface area contributed by atoms with Crippen molar-refractivity contribution in [2.24, 2.45) is 7.05 Å². The van der Waals surface area contributed by atoms with Crippen LogP contribution in [-0.4, -0.2) is 84.4 Å². The summed E-state index contributed by atoms with van der Waals surface area (Å²) in [4.78, 5) is 47.0. The van der Waals surface area contributed by atoms with E-state index < -0.39 is 12.1 Å². The summed E-state index contributed by atoms with van der Waals surface area (Å²) in [6.45, 7) is 5.53. The molecule has 1 aromatic heterocycles. The molecule has 1 saturated heterocycles. The number of nitrogens with zero attached hydrogens (tertiary/aromatic N) is 5. The summed E-state index contributed by atoms with van der Waals surface area (Å²) in [6, 6.07) is 20.9. The number of anilines is 1. The van der Waals surface area contributed by atoms with Gasteiger partial charge in [0.05, 0.1) is 43.3 Å². The van der Waals surface area contributed by atoms with E-state index in [1.54, 1.807) is 32.4 Å². The number of halogens is 1. The number of benzene rings is 3. The summed E-state index contributed by atoms with van der Waals surface area (Å²) in [5.74, 6) is 0.438. The Kier molecular flexibility index (Phi) is 10.6. The van der Waals surface area contributed by atoms with Crippen molar-refractivity contribution < 1.29 is 28.6 Å². The van der Waals surface area contributed by atoms with Crippen molar-refractivity contribution in [1.82, 2.24) is 24.9 Å². The molecule has 3 amide bonds. The Hall–Kier alpha value is -5.07. The third-order valence-corrected chi connectivity index (χ3v) is 9.91. The van der Waals surface area contributed by atoms with E-state index in [4.69, 9.17) is 25.8 Å². The van der Waals surface area contributed by atoms with Gasteiger partial charge in [-0.25, -0.2) is 4.79 Å². The highest BCUT2D eigenvalue weighted by Gasteiger charge is 2.43. The zero-order valence-corrected chi connectivity index (χ0v) is 29.4. The lowest BCUT2D eigenvalue weighted by atomic mass is 9.99. The van der Waals surface area contributed by atoms with Gasteiger partial charge in [0, 0.05) is 45.8 Å². The molecule has 3 heterocycles. The molecular weight excluding hydrogens is 660 g/mol. The predicted molar refractivity (Wildman–Crippen MR) is 189 cm³/mol. The summed E-state index contributed by atoms with van der Waals surface area (Å²) in [5.41, 5.74) is 3.53. The number of aromatic nitrogens is 2. The molecule has 1 fully saturated rings. The number of fused-ring (bicyclic) bond motifs is 1. The van der Waals surface area contributed by atoms with Gasteiger partial charge in [0.15, 0.2) is 22.4 Å². The van der Waals surface area contributed by atoms with E-state index in [-0.39, 0.29) is 35.3 Å². The van der Waals surface area contributed by atoms with E-state index in [2.05, 4.69) is 51.4 Å². The first-order chi connectivity index (χ1) is 24.2. The fourth-order valence-corrected chi connectivity index (χ4v) is 6.85. The maximum absolute atomic E-state index is 14.4. The van der Waals surface area contributed by atoms with Gasteiger partial charge < -0.3 is 24.4 Å². The van der Waals surface area contributed by atoms with Crippen LogP contribution in [0, 0.1) is 0 Å². The van der Waals surface area contributed by atoms with Crippen molar-refractivity contribution in [2.45, 2.75) is 31.8 Å². The number of nitrogens with one attached hydrogen (secondary N) is 1. The van der Waals surface area contributed by atoms with E-state index in [9.17, 15) is 14.4 Å². The van der Waals surface area contributed by atoms with Crippen LogP contribution in [-0.2, 0) is 7.05 Å². The SMILES string of the molecule is COc1ccc([C@@H](CCCNC(=O)Oc2cnn(C)c2Cl)N2C(=O)c3cccc(N4CCN([C@H](C)c5ccccc5)CC4)c3C2=O)cc1OC. The van der Waals surface area contributed by atoms with E-state index in [0.29, 0.717) is 41.0 Å². The van der Waals surface area contributed by atoms with Gasteiger partial charge in [0.2, 0.25) is 0 Å². The lowest BCUT2D eigenvalue weighted by Gasteiger charge is -2.39. The Morgan fingerprint density at radius 1 is 0.900 bits per heavy atom. The molecule has 0 spiro atoms. The maximum atomic E-state index is 14.4. The van der Waals surface area contributed by atoms with Crippen LogP contribution in [0.4, 0.5) is 10.5 Å². The number of hydrogen-bond donors (Lipinski definition) is 1. The highest BCUT2D eigenvalue weighted by molar-refractivity contribution is 6.31. The first-order valence-corrected chi connectivity index (χ1v) is 17.0. The standard InChI is InChI=1S/C37H41ClN6O6/c1-24(25-10-6-5-7-11-25)42-18-20-43(21-19-42)29-13-8-12-27-33(29)36(46)44(35(27)45)28(26-15-16-30(48-3)31(22-26)49-4)14-9-17-39-37(47)50-32-23-40-41(2)34(32)38/h5-8,10-13,15-16,22-24,28H,9,14,17-21H2,1-4H3,(H,39,47)/t24-,28-/m1/s1. The average Bonchev–Trinajstić information content (AvgIpc) is 3.60. The molecule has 6 rings (SSSR count). The molecule has 0 bridgehead atoms. The van der Waals surface area contributed by atoms with Gasteiger partial charge in [-0.2, -0.15) is 5.10 Å². The number of hydrogen-bond acceptors (Lipinski definition) is 9. The number of methoxy groups -OCH3 is 2. The van der Waals surface area contributed by atoms with Crippen LogP contribution < -0.4 is 24.4 Å². The highest BCUT2D eigenvalue weighted by Crippen LogP contribution is 2.40. The molecule has 3 aromatic carbocycles. The minimum Gasteiger partial charge on any atom is -0.493 e. The van der Waals surface area contributed by atoms with Crippen molar-refractivity contribution in [1.29, 1.82) is 0 Å². The molecule has 12 nitrogen and oxygen atoms in total. The van der Waals surface area contributed by atoms with Gasteiger partial charge in [-0.1, -0.05) is 54.1 Å². The lowest BCUT2D eigenvalue weighted by molar-refractivity contribution is 0.0571. The van der Waals surface area contributed by atoms with E-state index in [1.807, 2.05) is 24.3 Å². The van der Waals surface area contributed by atoms with Gasteiger partial charge in [-0.05, 0) is 55.2 Å². The topological polar surface area (TPSA) is 118 Å². The Balaban J connectivity index is 1.20. The Morgan fingerprint density at radius 2 is 1.64 bits per heavy atom. The third kappa shape index (κ3) is 6.99. The molecule has 2 aliphatic rings. The number of carbonyl (C=O) groups excluding carboxylic acids is 3. The second-order valence-electron chi connectivity index (χ2n) is 12.3. The molecule has 2 atom stereocenters. The minimum atomic E-state index is -0.689. The fraction of sp³-hybridized carbons (Fsp3) is 0.351. The molecule has 0 unspecified atom stereocenters. The van der Waals surface area contributed by atoms with Gasteiger partial charge in [-0.15, -0.1) is 0 Å². The number of imide groups is 1. The molecule has 262 valence electrons. The van der Waals surface area contributed by atoms with Crippen LogP contribution in [0.3, 0.4) is 0 Å².